The molecule has 0 aliphatic carbocycles. The molecule has 2 heteroatoms. The number of hydrogen-bond donors (Lipinski definition) is 1. The predicted octanol–water partition coefficient (Wildman–Crippen LogP) is 3.03. The molecule has 1 unspecified atom stereocenters. The first kappa shape index (κ1) is 17.2. The molecule has 19 heavy (non-hydrogen) atoms. The summed E-state index contributed by atoms with van der Waals surface area (Å²) in [7, 11) is 0. The number of allylic oxidation sites excluding steroid dienone is 3. The molecule has 0 spiro atoms. The molecular formula is C17H22O2. The first-order valence-corrected chi connectivity index (χ1v) is 6.77. The van der Waals surface area contributed by atoms with E-state index in [1.165, 1.54) is 37.8 Å². The highest BCUT2D eigenvalue weighted by Crippen LogP contribution is 2.07. The zero-order valence-electron chi connectivity index (χ0n) is 11.6. The van der Waals surface area contributed by atoms with Gasteiger partial charge in [-0.1, -0.05) is 50.9 Å². The van der Waals surface area contributed by atoms with Gasteiger partial charge < -0.3 is 5.11 Å². The van der Waals surface area contributed by atoms with Crippen molar-refractivity contribution in [1.82, 2.24) is 0 Å². The van der Waals surface area contributed by atoms with Gasteiger partial charge in [0, 0.05) is 0 Å². The molecule has 1 N–H and O–H groups in total. The van der Waals surface area contributed by atoms with E-state index < -0.39 is 6.10 Å². The van der Waals surface area contributed by atoms with Gasteiger partial charge in [0.2, 0.25) is 0 Å². The van der Waals surface area contributed by atoms with Gasteiger partial charge in [-0.05, 0) is 42.6 Å². The van der Waals surface area contributed by atoms with Crippen molar-refractivity contribution in [2.45, 2.75) is 51.6 Å². The smallest absolute Gasteiger partial charge is 0.143 e. The number of aliphatic hydroxyl groups excluding tert-OH is 1. The van der Waals surface area contributed by atoms with Gasteiger partial charge in [0.1, 0.15) is 6.29 Å². The molecule has 0 bridgehead atoms. The molecule has 0 rings (SSSR count). The third-order valence-corrected chi connectivity index (χ3v) is 2.47. The van der Waals surface area contributed by atoms with E-state index in [-0.39, 0.29) is 0 Å². The molecule has 0 saturated heterocycles. The number of hydrogen-bond acceptors (Lipinski definition) is 2. The Kier molecular flexibility index (Phi) is 13.0. The second-order valence-corrected chi connectivity index (χ2v) is 4.16. The van der Waals surface area contributed by atoms with Crippen LogP contribution in [0, 0.1) is 23.7 Å². The van der Waals surface area contributed by atoms with Gasteiger partial charge >= 0.3 is 0 Å². The topological polar surface area (TPSA) is 37.3 Å². The lowest BCUT2D eigenvalue weighted by molar-refractivity contribution is -0.104. The second kappa shape index (κ2) is 14.3. The van der Waals surface area contributed by atoms with Crippen LogP contribution in [0.2, 0.25) is 0 Å². The quantitative estimate of drug-likeness (QED) is 0.314. The molecule has 0 aliphatic rings. The van der Waals surface area contributed by atoms with E-state index in [2.05, 4.69) is 30.6 Å². The lowest BCUT2D eigenvalue weighted by Crippen LogP contribution is -2.01. The standard InChI is InChI=1S/C17H22O2/c1-2-3-4-8-11-14-17(19)15-12-9-6-5-7-10-13-16-18/h10,12-13,15-17,19H,2-4,8,11,14H2,1H3. The minimum atomic E-state index is -0.418. The number of aliphatic hydroxyl groups is 1. The fourth-order valence-electron chi connectivity index (χ4n) is 1.46. The highest BCUT2D eigenvalue weighted by molar-refractivity contribution is 5.65. The first-order chi connectivity index (χ1) is 9.31. The van der Waals surface area contributed by atoms with E-state index in [1.54, 1.807) is 12.2 Å². The Balaban J connectivity index is 3.74. The van der Waals surface area contributed by atoms with Gasteiger partial charge in [0.05, 0.1) is 6.10 Å². The Morgan fingerprint density at radius 2 is 1.74 bits per heavy atom. The molecule has 1 atom stereocenters. The van der Waals surface area contributed by atoms with Gasteiger partial charge in [-0.15, -0.1) is 0 Å². The Labute approximate surface area is 116 Å². The fraction of sp³-hybridized carbons (Fsp3) is 0.471. The summed E-state index contributed by atoms with van der Waals surface area (Å²) >= 11 is 0. The van der Waals surface area contributed by atoms with Gasteiger partial charge in [0.15, 0.2) is 0 Å². The normalized spacial score (nSPS) is 11.7. The number of unbranched alkanes of at least 4 members (excludes halogenated alkanes) is 4. The Morgan fingerprint density at radius 1 is 1.05 bits per heavy atom. The number of aldehydes is 1. The van der Waals surface area contributed by atoms with Crippen LogP contribution in [0.4, 0.5) is 0 Å². The molecule has 0 aromatic carbocycles. The monoisotopic (exact) mass is 258 g/mol. The summed E-state index contributed by atoms with van der Waals surface area (Å²) in [6, 6.07) is 0. The average molecular weight is 258 g/mol. The van der Waals surface area contributed by atoms with Gasteiger partial charge in [-0.25, -0.2) is 0 Å². The van der Waals surface area contributed by atoms with Crippen molar-refractivity contribution in [3.8, 4) is 23.7 Å². The van der Waals surface area contributed by atoms with Crippen molar-refractivity contribution in [3.05, 3.63) is 24.3 Å². The van der Waals surface area contributed by atoms with E-state index in [0.717, 1.165) is 12.8 Å². The van der Waals surface area contributed by atoms with Crippen LogP contribution in [0.15, 0.2) is 24.3 Å². The van der Waals surface area contributed by atoms with E-state index in [1.807, 2.05) is 0 Å². The Bertz CT molecular complexity index is 396. The van der Waals surface area contributed by atoms with Crippen LogP contribution in [-0.4, -0.2) is 17.5 Å². The average Bonchev–Trinajstić information content (AvgIpc) is 2.41. The highest BCUT2D eigenvalue weighted by Gasteiger charge is 1.97. The summed E-state index contributed by atoms with van der Waals surface area (Å²) in [6.07, 6.45) is 13.1. The summed E-state index contributed by atoms with van der Waals surface area (Å²) < 4.78 is 0. The van der Waals surface area contributed by atoms with Crippen LogP contribution in [0.3, 0.4) is 0 Å². The SMILES string of the molecule is CCCCCCCC(O)C=CC#CC#CC=CC=O. The maximum Gasteiger partial charge on any atom is 0.143 e. The van der Waals surface area contributed by atoms with Crippen LogP contribution in [-0.2, 0) is 4.79 Å². The molecule has 0 amide bonds. The maximum absolute atomic E-state index is 9.93. The van der Waals surface area contributed by atoms with Crippen LogP contribution in [0.1, 0.15) is 45.4 Å². The van der Waals surface area contributed by atoms with E-state index in [0.29, 0.717) is 6.29 Å². The minimum Gasteiger partial charge on any atom is -0.389 e. The van der Waals surface area contributed by atoms with Crippen molar-refractivity contribution in [2.75, 3.05) is 0 Å². The van der Waals surface area contributed by atoms with E-state index >= 15 is 0 Å². The molecule has 0 aliphatic heterocycles. The van der Waals surface area contributed by atoms with Crippen molar-refractivity contribution in [2.24, 2.45) is 0 Å². The first-order valence-electron chi connectivity index (χ1n) is 6.77. The third-order valence-electron chi connectivity index (χ3n) is 2.47. The molecule has 0 aromatic rings. The Morgan fingerprint density at radius 3 is 2.42 bits per heavy atom. The summed E-state index contributed by atoms with van der Waals surface area (Å²) in [4.78, 5) is 9.93. The van der Waals surface area contributed by atoms with Crippen LogP contribution < -0.4 is 0 Å². The van der Waals surface area contributed by atoms with Crippen LogP contribution >= 0.6 is 0 Å². The predicted molar refractivity (Wildman–Crippen MR) is 79.3 cm³/mol. The lowest BCUT2D eigenvalue weighted by atomic mass is 10.1. The fourth-order valence-corrected chi connectivity index (χ4v) is 1.46. The second-order valence-electron chi connectivity index (χ2n) is 4.16. The summed E-state index contributed by atoms with van der Waals surface area (Å²) in [5, 5.41) is 9.64. The highest BCUT2D eigenvalue weighted by atomic mass is 16.3. The Hall–Kier alpha value is -1.77. The van der Waals surface area contributed by atoms with E-state index in [4.69, 9.17) is 0 Å². The van der Waals surface area contributed by atoms with Crippen molar-refractivity contribution in [1.29, 1.82) is 0 Å². The van der Waals surface area contributed by atoms with Gasteiger partial charge in [-0.2, -0.15) is 0 Å². The zero-order valence-corrected chi connectivity index (χ0v) is 11.6. The largest absolute Gasteiger partial charge is 0.389 e. The molecule has 0 aromatic heterocycles. The van der Waals surface area contributed by atoms with Gasteiger partial charge in [-0.3, -0.25) is 4.79 Å². The van der Waals surface area contributed by atoms with Gasteiger partial charge in [0.25, 0.3) is 0 Å². The lowest BCUT2D eigenvalue weighted by Gasteiger charge is -2.03. The minimum absolute atomic E-state index is 0.418. The molecule has 102 valence electrons. The molecule has 2 nitrogen and oxygen atoms in total. The maximum atomic E-state index is 9.93. The molecule has 0 heterocycles. The zero-order chi connectivity index (χ0) is 14.2. The summed E-state index contributed by atoms with van der Waals surface area (Å²) in [5.74, 6) is 10.5. The number of carbonyl (C=O) groups excluding carboxylic acids is 1. The van der Waals surface area contributed by atoms with Crippen molar-refractivity contribution < 1.29 is 9.90 Å². The number of carbonyl (C=O) groups is 1. The summed E-state index contributed by atoms with van der Waals surface area (Å²) in [5.41, 5.74) is 0. The van der Waals surface area contributed by atoms with Crippen molar-refractivity contribution in [3.63, 3.8) is 0 Å². The molecule has 0 radical (unpaired) electrons. The third kappa shape index (κ3) is 14.2. The van der Waals surface area contributed by atoms with Crippen LogP contribution in [0.25, 0.3) is 0 Å². The van der Waals surface area contributed by atoms with Crippen molar-refractivity contribution >= 4 is 6.29 Å². The van der Waals surface area contributed by atoms with Crippen LogP contribution in [0.5, 0.6) is 0 Å². The molecular weight excluding hydrogens is 236 g/mol. The molecule has 0 fully saturated rings. The summed E-state index contributed by atoms with van der Waals surface area (Å²) in [6.45, 7) is 2.19. The number of rotatable bonds is 8. The molecule has 0 saturated carbocycles. The van der Waals surface area contributed by atoms with E-state index in [9.17, 15) is 9.90 Å².